The molecule has 0 amide bonds. The van der Waals surface area contributed by atoms with Crippen LogP contribution in [0.15, 0.2) is 60.2 Å². The van der Waals surface area contributed by atoms with Gasteiger partial charge in [0.25, 0.3) is 0 Å². The van der Waals surface area contributed by atoms with E-state index >= 15 is 0 Å². The monoisotopic (exact) mass is 492 g/mol. The van der Waals surface area contributed by atoms with Crippen LogP contribution < -0.4 is 0 Å². The Morgan fingerprint density at radius 3 is 2.07 bits per heavy atom. The molecule has 0 aliphatic heterocycles. The summed E-state index contributed by atoms with van der Waals surface area (Å²) < 4.78 is 0. The van der Waals surface area contributed by atoms with E-state index in [1.807, 2.05) is 6.07 Å². The van der Waals surface area contributed by atoms with Crippen molar-refractivity contribution >= 4 is 24.8 Å². The van der Waals surface area contributed by atoms with E-state index in [0.29, 0.717) is 11.3 Å². The smallest absolute Gasteiger partial charge is 0.358 e. The molecule has 2 aromatic rings. The molecule has 0 spiro atoms. The molecule has 0 aromatic heterocycles. The van der Waals surface area contributed by atoms with Crippen molar-refractivity contribution in [3.8, 4) is 11.1 Å². The van der Waals surface area contributed by atoms with Gasteiger partial charge in [-0.25, -0.2) is 6.08 Å². The SMILES string of the molecule is CC1[C-]=CC(C(C)(C)C)=C1.Cl.Cl.[CH3-].[CH3-].[Zr+4].[c-]1cccc2c1Cc1ccccc1-2. The summed E-state index contributed by atoms with van der Waals surface area (Å²) in [6.45, 7) is 8.86. The Labute approximate surface area is 204 Å². The summed E-state index contributed by atoms with van der Waals surface area (Å²) in [6.07, 6.45) is 8.70. The molecule has 2 aromatic carbocycles. The Balaban J connectivity index is -0.000000389. The summed E-state index contributed by atoms with van der Waals surface area (Å²) in [5.74, 6) is 0.522. The number of rotatable bonds is 0. The number of allylic oxidation sites excluding steroid dienone is 4. The number of hydrogen-bond donors (Lipinski definition) is 0. The molecule has 1 unspecified atom stereocenters. The number of fused-ring (bicyclic) bond motifs is 3. The largest absolute Gasteiger partial charge is 4.00 e. The number of hydrogen-bond acceptors (Lipinski definition) is 0. The molecule has 1 atom stereocenters. The summed E-state index contributed by atoms with van der Waals surface area (Å²) >= 11 is 0. The van der Waals surface area contributed by atoms with E-state index in [1.165, 1.54) is 27.8 Å². The Morgan fingerprint density at radius 2 is 1.54 bits per heavy atom. The third kappa shape index (κ3) is 7.66. The Morgan fingerprint density at radius 1 is 0.929 bits per heavy atom. The van der Waals surface area contributed by atoms with Gasteiger partial charge in [-0.2, -0.15) is 41.5 Å². The first-order valence-electron chi connectivity index (χ1n) is 8.34. The molecule has 2 aliphatic carbocycles. The minimum atomic E-state index is 0. The normalized spacial score (nSPS) is 14.7. The van der Waals surface area contributed by atoms with Crippen molar-refractivity contribution in [3.63, 3.8) is 0 Å². The van der Waals surface area contributed by atoms with Crippen LogP contribution >= 0.6 is 24.8 Å². The fraction of sp³-hybridized carbons (Fsp3) is 0.280. The molecule has 0 bridgehead atoms. The quantitative estimate of drug-likeness (QED) is 0.280. The average molecular weight is 495 g/mol. The van der Waals surface area contributed by atoms with Crippen molar-refractivity contribution in [2.75, 3.05) is 0 Å². The second-order valence-corrected chi connectivity index (χ2v) is 7.37. The minimum absolute atomic E-state index is 0. The van der Waals surface area contributed by atoms with Crippen LogP contribution in [0.5, 0.6) is 0 Å². The molecule has 150 valence electrons. The Kier molecular flexibility index (Phi) is 15.5. The van der Waals surface area contributed by atoms with Crippen LogP contribution in [0.25, 0.3) is 11.1 Å². The van der Waals surface area contributed by atoms with Crippen LogP contribution in [-0.4, -0.2) is 0 Å². The maximum absolute atomic E-state index is 3.30. The summed E-state index contributed by atoms with van der Waals surface area (Å²) in [7, 11) is 0. The molecule has 0 saturated heterocycles. The zero-order chi connectivity index (χ0) is 16.4. The summed E-state index contributed by atoms with van der Waals surface area (Å²) in [4.78, 5) is 0. The molecule has 0 saturated carbocycles. The van der Waals surface area contributed by atoms with Crippen LogP contribution in [0.3, 0.4) is 0 Å². The molecular weight excluding hydrogens is 462 g/mol. The number of benzene rings is 2. The molecule has 0 heterocycles. The van der Waals surface area contributed by atoms with Crippen LogP contribution in [-0.2, 0) is 32.6 Å². The molecule has 0 radical (unpaired) electrons. The van der Waals surface area contributed by atoms with Gasteiger partial charge in [-0.05, 0) is 6.42 Å². The van der Waals surface area contributed by atoms with E-state index in [0.717, 1.165) is 6.42 Å². The first kappa shape index (κ1) is 32.1. The van der Waals surface area contributed by atoms with Gasteiger partial charge in [-0.15, -0.1) is 30.4 Å². The maximum Gasteiger partial charge on any atom is 4.00 e. The Bertz CT molecular complexity index is 727. The van der Waals surface area contributed by atoms with Crippen molar-refractivity contribution in [2.24, 2.45) is 11.3 Å². The van der Waals surface area contributed by atoms with Gasteiger partial charge in [-0.3, -0.25) is 6.08 Å². The van der Waals surface area contributed by atoms with Crippen LogP contribution in [0.1, 0.15) is 38.8 Å². The first-order chi connectivity index (χ1) is 10.9. The van der Waals surface area contributed by atoms with E-state index in [9.17, 15) is 0 Å². The second kappa shape index (κ2) is 13.6. The minimum Gasteiger partial charge on any atom is -0.358 e. The fourth-order valence-corrected chi connectivity index (χ4v) is 3.05. The van der Waals surface area contributed by atoms with E-state index in [2.05, 4.69) is 88.4 Å². The first-order valence-corrected chi connectivity index (χ1v) is 8.34. The van der Waals surface area contributed by atoms with Crippen LogP contribution in [0.4, 0.5) is 0 Å². The molecule has 4 rings (SSSR count). The van der Waals surface area contributed by atoms with E-state index in [1.54, 1.807) is 0 Å². The van der Waals surface area contributed by atoms with Crippen molar-refractivity contribution < 1.29 is 26.2 Å². The van der Waals surface area contributed by atoms with E-state index < -0.39 is 0 Å². The standard InChI is InChI=1S/C13H9.C10H15.2CH3.2ClH.Zr/c1-3-7-12-10(5-1)9-11-6-2-4-8-13(11)12;1-8-5-6-9(7-8)10(2,3)4;;;;;/h1-5,7-8H,9H2;6-8H,1-4H3;2*1H3;2*1H;/q4*-1;;;+4. The maximum atomic E-state index is 3.30. The van der Waals surface area contributed by atoms with Gasteiger partial charge in [0, 0.05) is 0 Å². The summed E-state index contributed by atoms with van der Waals surface area (Å²) in [5, 5.41) is 0. The predicted molar refractivity (Wildman–Crippen MR) is 125 cm³/mol. The third-order valence-electron chi connectivity index (χ3n) is 4.41. The van der Waals surface area contributed by atoms with Crippen molar-refractivity contribution in [1.29, 1.82) is 0 Å². The van der Waals surface area contributed by atoms with Gasteiger partial charge < -0.3 is 14.9 Å². The zero-order valence-electron chi connectivity index (χ0n) is 17.8. The van der Waals surface area contributed by atoms with Crippen molar-refractivity contribution in [2.45, 2.75) is 34.1 Å². The Hall–Kier alpha value is -0.617. The summed E-state index contributed by atoms with van der Waals surface area (Å²) in [6, 6.07) is 18.1. The fourth-order valence-electron chi connectivity index (χ4n) is 3.05. The van der Waals surface area contributed by atoms with Gasteiger partial charge in [-0.1, -0.05) is 74.4 Å². The van der Waals surface area contributed by atoms with E-state index in [4.69, 9.17) is 0 Å². The average Bonchev–Trinajstić information content (AvgIpc) is 3.11. The second-order valence-electron chi connectivity index (χ2n) is 7.37. The number of halogens is 2. The van der Waals surface area contributed by atoms with Gasteiger partial charge in [0.15, 0.2) is 0 Å². The topological polar surface area (TPSA) is 0 Å². The molecule has 0 fully saturated rings. The predicted octanol–water partition coefficient (Wildman–Crippen LogP) is 7.77. The van der Waals surface area contributed by atoms with Crippen molar-refractivity contribution in [3.05, 3.63) is 98.3 Å². The van der Waals surface area contributed by atoms with Gasteiger partial charge in [0.2, 0.25) is 0 Å². The van der Waals surface area contributed by atoms with Crippen LogP contribution in [0, 0.1) is 38.3 Å². The zero-order valence-corrected chi connectivity index (χ0v) is 21.9. The molecule has 28 heavy (non-hydrogen) atoms. The van der Waals surface area contributed by atoms with Gasteiger partial charge >= 0.3 is 26.2 Å². The van der Waals surface area contributed by atoms with Crippen LogP contribution in [0.2, 0.25) is 0 Å². The molecule has 2 aliphatic rings. The molecule has 0 nitrogen and oxygen atoms in total. The third-order valence-corrected chi connectivity index (χ3v) is 4.41. The molecule has 3 heteroatoms. The summed E-state index contributed by atoms with van der Waals surface area (Å²) in [5.41, 5.74) is 7.23. The van der Waals surface area contributed by atoms with Gasteiger partial charge in [0.1, 0.15) is 0 Å². The van der Waals surface area contributed by atoms with Crippen molar-refractivity contribution in [1.82, 2.24) is 0 Å². The molecule has 0 N–H and O–H groups in total. The van der Waals surface area contributed by atoms with Gasteiger partial charge in [0.05, 0.1) is 0 Å². The molecular formula is C25H32Cl2Zr. The van der Waals surface area contributed by atoms with E-state index in [-0.39, 0.29) is 65.9 Å².